The maximum atomic E-state index is 13.3. The highest BCUT2D eigenvalue weighted by molar-refractivity contribution is 7.09. The van der Waals surface area contributed by atoms with Gasteiger partial charge in [-0.2, -0.15) is 0 Å². The number of benzene rings is 1. The number of hydrogen-bond acceptors (Lipinski definition) is 4. The van der Waals surface area contributed by atoms with Gasteiger partial charge in [-0.3, -0.25) is 0 Å². The zero-order valence-electron chi connectivity index (χ0n) is 11.7. The molecule has 0 amide bonds. The van der Waals surface area contributed by atoms with Crippen molar-refractivity contribution in [1.29, 1.82) is 0 Å². The van der Waals surface area contributed by atoms with E-state index in [2.05, 4.69) is 11.9 Å². The van der Waals surface area contributed by atoms with E-state index in [1.807, 2.05) is 12.3 Å². The Labute approximate surface area is 122 Å². The molecule has 1 atom stereocenters. The topological polar surface area (TPSA) is 48.1 Å². The molecule has 1 aromatic carbocycles. The lowest BCUT2D eigenvalue weighted by Crippen LogP contribution is -2.08. The smallest absolute Gasteiger partial charge is 0.131 e. The van der Waals surface area contributed by atoms with Crippen molar-refractivity contribution < 1.29 is 9.13 Å². The largest absolute Gasteiger partial charge is 0.487 e. The molecule has 0 aliphatic carbocycles. The van der Waals surface area contributed by atoms with Crippen LogP contribution in [0.4, 0.5) is 4.39 Å². The fourth-order valence-corrected chi connectivity index (χ4v) is 2.79. The molecule has 0 aliphatic rings. The first-order valence-corrected chi connectivity index (χ1v) is 7.59. The number of nitrogens with two attached hydrogens (primary N) is 1. The Hall–Kier alpha value is -1.46. The molecule has 1 aromatic heterocycles. The third-order valence-corrected chi connectivity index (χ3v) is 3.86. The predicted molar refractivity (Wildman–Crippen MR) is 79.4 cm³/mol. The highest BCUT2D eigenvalue weighted by atomic mass is 32.1. The molecule has 0 spiro atoms. The van der Waals surface area contributed by atoms with Gasteiger partial charge in [0.05, 0.1) is 10.7 Å². The lowest BCUT2D eigenvalue weighted by Gasteiger charge is -2.13. The van der Waals surface area contributed by atoms with E-state index >= 15 is 0 Å². The molecule has 0 unspecified atom stereocenters. The molecule has 108 valence electrons. The minimum absolute atomic E-state index is 0.198. The van der Waals surface area contributed by atoms with Crippen LogP contribution in [0.3, 0.4) is 0 Å². The van der Waals surface area contributed by atoms with Crippen LogP contribution >= 0.6 is 11.3 Å². The molecular formula is C15H19FN2OS. The molecule has 0 aliphatic heterocycles. The number of thiazole rings is 1. The van der Waals surface area contributed by atoms with Crippen LogP contribution in [0.2, 0.25) is 0 Å². The van der Waals surface area contributed by atoms with Gasteiger partial charge in [0.25, 0.3) is 0 Å². The van der Waals surface area contributed by atoms with E-state index in [0.717, 1.165) is 29.1 Å². The molecule has 0 radical (unpaired) electrons. The van der Waals surface area contributed by atoms with E-state index in [-0.39, 0.29) is 11.9 Å². The summed E-state index contributed by atoms with van der Waals surface area (Å²) in [5.41, 5.74) is 7.54. The Kier molecular flexibility index (Phi) is 5.09. The molecule has 0 saturated heterocycles. The van der Waals surface area contributed by atoms with Gasteiger partial charge in [-0.25, -0.2) is 9.37 Å². The summed E-state index contributed by atoms with van der Waals surface area (Å²) in [5.74, 6) is 0.166. The van der Waals surface area contributed by atoms with E-state index in [1.54, 1.807) is 17.4 Å². The predicted octanol–water partition coefficient (Wildman–Crippen LogP) is 3.83. The zero-order valence-corrected chi connectivity index (χ0v) is 12.5. The summed E-state index contributed by atoms with van der Waals surface area (Å²) in [7, 11) is 0. The number of aryl methyl sites for hydroxylation is 1. The first-order chi connectivity index (χ1) is 9.60. The third kappa shape index (κ3) is 3.77. The lowest BCUT2D eigenvalue weighted by molar-refractivity contribution is 0.295. The van der Waals surface area contributed by atoms with Gasteiger partial charge in [0.15, 0.2) is 0 Å². The molecule has 0 saturated carbocycles. The number of nitrogens with zero attached hydrogens (tertiary/aromatic N) is 1. The van der Waals surface area contributed by atoms with Gasteiger partial charge in [0, 0.05) is 23.1 Å². The molecule has 20 heavy (non-hydrogen) atoms. The van der Waals surface area contributed by atoms with Crippen molar-refractivity contribution in [2.75, 3.05) is 0 Å². The normalized spacial score (nSPS) is 12.4. The minimum Gasteiger partial charge on any atom is -0.487 e. The SMILES string of the molecule is CCCc1nc(COc2cc(F)ccc2[C@@H](C)N)cs1. The summed E-state index contributed by atoms with van der Waals surface area (Å²) < 4.78 is 19.0. The summed E-state index contributed by atoms with van der Waals surface area (Å²) in [6, 6.07) is 4.24. The summed E-state index contributed by atoms with van der Waals surface area (Å²) in [6.07, 6.45) is 2.06. The van der Waals surface area contributed by atoms with Gasteiger partial charge >= 0.3 is 0 Å². The molecule has 3 nitrogen and oxygen atoms in total. The van der Waals surface area contributed by atoms with Crippen LogP contribution in [0.1, 0.15) is 42.6 Å². The minimum atomic E-state index is -0.325. The van der Waals surface area contributed by atoms with Gasteiger partial charge in [-0.15, -0.1) is 11.3 Å². The van der Waals surface area contributed by atoms with E-state index in [1.165, 1.54) is 12.1 Å². The van der Waals surface area contributed by atoms with Crippen LogP contribution in [0, 0.1) is 5.82 Å². The van der Waals surface area contributed by atoms with Crippen LogP contribution in [0.5, 0.6) is 5.75 Å². The highest BCUT2D eigenvalue weighted by Crippen LogP contribution is 2.26. The third-order valence-electron chi connectivity index (χ3n) is 2.90. The second-order valence-electron chi connectivity index (χ2n) is 4.74. The van der Waals surface area contributed by atoms with Gasteiger partial charge in [-0.1, -0.05) is 13.0 Å². The standard InChI is InChI=1S/C15H19FN2OS/c1-3-4-15-18-12(9-20-15)8-19-14-7-11(16)5-6-13(14)10(2)17/h5-7,9-10H,3-4,8,17H2,1-2H3/t10-/m1/s1. The van der Waals surface area contributed by atoms with E-state index in [9.17, 15) is 4.39 Å². The fraction of sp³-hybridized carbons (Fsp3) is 0.400. The summed E-state index contributed by atoms with van der Waals surface area (Å²) in [5, 5.41) is 3.09. The van der Waals surface area contributed by atoms with Crippen molar-refractivity contribution in [3.8, 4) is 5.75 Å². The van der Waals surface area contributed by atoms with Crippen LogP contribution in [0.25, 0.3) is 0 Å². The van der Waals surface area contributed by atoms with Crippen LogP contribution in [0.15, 0.2) is 23.6 Å². The van der Waals surface area contributed by atoms with Crippen molar-refractivity contribution in [2.24, 2.45) is 5.73 Å². The van der Waals surface area contributed by atoms with Gasteiger partial charge in [0.2, 0.25) is 0 Å². The van der Waals surface area contributed by atoms with Crippen LogP contribution in [-0.2, 0) is 13.0 Å². The van der Waals surface area contributed by atoms with Crippen LogP contribution in [-0.4, -0.2) is 4.98 Å². The summed E-state index contributed by atoms with van der Waals surface area (Å²) >= 11 is 1.63. The second-order valence-corrected chi connectivity index (χ2v) is 5.68. The Morgan fingerprint density at radius 3 is 2.95 bits per heavy atom. The van der Waals surface area contributed by atoms with E-state index in [4.69, 9.17) is 10.5 Å². The molecule has 2 rings (SSSR count). The molecule has 5 heteroatoms. The Balaban J connectivity index is 2.07. The Bertz CT molecular complexity index is 569. The first kappa shape index (κ1) is 14.9. The maximum Gasteiger partial charge on any atom is 0.131 e. The highest BCUT2D eigenvalue weighted by Gasteiger charge is 2.10. The van der Waals surface area contributed by atoms with Crippen molar-refractivity contribution in [3.63, 3.8) is 0 Å². The van der Waals surface area contributed by atoms with E-state index in [0.29, 0.717) is 12.4 Å². The van der Waals surface area contributed by atoms with E-state index < -0.39 is 0 Å². The number of aromatic nitrogens is 1. The van der Waals surface area contributed by atoms with Crippen LogP contribution < -0.4 is 10.5 Å². The average Bonchev–Trinajstić information content (AvgIpc) is 2.84. The first-order valence-electron chi connectivity index (χ1n) is 6.71. The summed E-state index contributed by atoms with van der Waals surface area (Å²) in [6.45, 7) is 4.31. The number of hydrogen-bond donors (Lipinski definition) is 1. The number of halogens is 1. The van der Waals surface area contributed by atoms with Crippen molar-refractivity contribution in [2.45, 2.75) is 39.3 Å². The summed E-state index contributed by atoms with van der Waals surface area (Å²) in [4.78, 5) is 4.48. The number of rotatable bonds is 6. The molecule has 0 fully saturated rings. The molecule has 0 bridgehead atoms. The van der Waals surface area contributed by atoms with Crippen molar-refractivity contribution in [3.05, 3.63) is 45.7 Å². The van der Waals surface area contributed by atoms with Gasteiger partial charge in [-0.05, 0) is 25.8 Å². The average molecular weight is 294 g/mol. The Morgan fingerprint density at radius 2 is 2.25 bits per heavy atom. The zero-order chi connectivity index (χ0) is 14.5. The second kappa shape index (κ2) is 6.81. The maximum absolute atomic E-state index is 13.3. The molecular weight excluding hydrogens is 275 g/mol. The molecule has 1 heterocycles. The quantitative estimate of drug-likeness (QED) is 0.880. The molecule has 2 aromatic rings. The Morgan fingerprint density at radius 1 is 1.45 bits per heavy atom. The van der Waals surface area contributed by atoms with Crippen molar-refractivity contribution >= 4 is 11.3 Å². The number of ether oxygens (including phenoxy) is 1. The lowest BCUT2D eigenvalue weighted by atomic mass is 10.1. The monoisotopic (exact) mass is 294 g/mol. The van der Waals surface area contributed by atoms with Gasteiger partial charge < -0.3 is 10.5 Å². The molecule has 2 N–H and O–H groups in total. The van der Waals surface area contributed by atoms with Crippen molar-refractivity contribution in [1.82, 2.24) is 4.98 Å². The van der Waals surface area contributed by atoms with Gasteiger partial charge in [0.1, 0.15) is 18.2 Å². The fourth-order valence-electron chi connectivity index (χ4n) is 1.90.